The van der Waals surface area contributed by atoms with Crippen molar-refractivity contribution >= 4 is 51.3 Å². The Morgan fingerprint density at radius 3 is 1.50 bits per heavy atom. The molecular formula is C26H64B3N4P3. The summed E-state index contributed by atoms with van der Waals surface area (Å²) in [4.78, 5) is 0. The second-order valence-corrected chi connectivity index (χ2v) is 19.3. The summed E-state index contributed by atoms with van der Waals surface area (Å²) < 4.78 is 0. The van der Waals surface area contributed by atoms with Gasteiger partial charge < -0.3 is 22.9 Å². The summed E-state index contributed by atoms with van der Waals surface area (Å²) in [6, 6.07) is 0.162. The van der Waals surface area contributed by atoms with E-state index >= 15 is 0 Å². The van der Waals surface area contributed by atoms with Crippen LogP contribution < -0.4 is 22.9 Å². The van der Waals surface area contributed by atoms with Crippen molar-refractivity contribution in [2.45, 2.75) is 152 Å². The van der Waals surface area contributed by atoms with Crippen molar-refractivity contribution in [1.82, 2.24) is 0 Å². The van der Waals surface area contributed by atoms with Gasteiger partial charge >= 0.3 is 0 Å². The first-order valence-corrected chi connectivity index (χ1v) is 15.7. The molecule has 36 heavy (non-hydrogen) atoms. The van der Waals surface area contributed by atoms with Crippen molar-refractivity contribution in [3.8, 4) is 0 Å². The molecular weight excluding hydrogens is 494 g/mol. The molecule has 0 fully saturated rings. The zero-order valence-corrected chi connectivity index (χ0v) is 29.9. The van der Waals surface area contributed by atoms with Gasteiger partial charge in [0.1, 0.15) is 23.5 Å². The molecule has 11 unspecified atom stereocenters. The number of hydrogen-bond acceptors (Lipinski definition) is 4. The average molecular weight is 558 g/mol. The van der Waals surface area contributed by atoms with Crippen LogP contribution in [0.15, 0.2) is 0 Å². The Morgan fingerprint density at radius 2 is 1.11 bits per heavy atom. The molecule has 10 heteroatoms. The van der Waals surface area contributed by atoms with E-state index in [1.54, 1.807) is 0 Å². The Labute approximate surface area is 236 Å². The quantitative estimate of drug-likeness (QED) is 0.159. The maximum absolute atomic E-state index is 7.38. The number of rotatable bonds is 13. The highest BCUT2D eigenvalue weighted by molar-refractivity contribution is 7.22. The topological polar surface area (TPSA) is 104 Å². The highest BCUT2D eigenvalue weighted by Gasteiger charge is 2.63. The Morgan fingerprint density at radius 1 is 0.667 bits per heavy atom. The molecule has 0 spiro atoms. The van der Waals surface area contributed by atoms with E-state index < -0.39 is 15.9 Å². The minimum absolute atomic E-state index is 0.0187. The van der Waals surface area contributed by atoms with Gasteiger partial charge in [-0.15, -0.1) is 27.7 Å². The summed E-state index contributed by atoms with van der Waals surface area (Å²) in [6.45, 7) is 22.5. The van der Waals surface area contributed by atoms with Crippen LogP contribution in [-0.4, -0.2) is 51.3 Å². The molecule has 0 aromatic heterocycles. The molecule has 11 atom stereocenters. The van der Waals surface area contributed by atoms with Crippen LogP contribution in [0.25, 0.3) is 0 Å². The van der Waals surface area contributed by atoms with E-state index in [1.807, 2.05) is 0 Å². The van der Waals surface area contributed by atoms with E-state index in [2.05, 4.69) is 120 Å². The van der Waals surface area contributed by atoms with Crippen LogP contribution in [0.4, 0.5) is 0 Å². The highest BCUT2D eigenvalue weighted by atomic mass is 31.0. The van der Waals surface area contributed by atoms with E-state index in [9.17, 15) is 0 Å². The minimum Gasteiger partial charge on any atom is -0.328 e. The van der Waals surface area contributed by atoms with E-state index in [4.69, 9.17) is 22.9 Å². The zero-order chi connectivity index (χ0) is 29.4. The monoisotopic (exact) mass is 558 g/mol. The average Bonchev–Trinajstić information content (AvgIpc) is 2.62. The smallest absolute Gasteiger partial charge is 0.114 e. The lowest BCUT2D eigenvalue weighted by molar-refractivity contribution is 0.187. The van der Waals surface area contributed by atoms with Crippen molar-refractivity contribution in [3.05, 3.63) is 0 Å². The lowest BCUT2D eigenvalue weighted by Crippen LogP contribution is -2.69. The van der Waals surface area contributed by atoms with Crippen LogP contribution in [0.5, 0.6) is 0 Å². The molecule has 8 N–H and O–H groups in total. The molecule has 0 aromatic rings. The summed E-state index contributed by atoms with van der Waals surface area (Å²) in [5.74, 6) is 0. The Hall–Kier alpha value is 1.32. The SMILES string of the molecule is BC(C)(CC(N)CCCCC(C)(C)C)C(N)(P)C(B)(C)C(N)(P)C(B)(C)C(C)(P)CC(N)C(C)(C)C. The lowest BCUT2D eigenvalue weighted by atomic mass is 9.40. The summed E-state index contributed by atoms with van der Waals surface area (Å²) in [5.41, 5.74) is 28.4. The molecule has 0 aliphatic rings. The van der Waals surface area contributed by atoms with E-state index in [-0.39, 0.29) is 33.3 Å². The van der Waals surface area contributed by atoms with Crippen molar-refractivity contribution < 1.29 is 0 Å². The molecule has 0 bridgehead atoms. The van der Waals surface area contributed by atoms with Gasteiger partial charge in [-0.25, -0.2) is 0 Å². The van der Waals surface area contributed by atoms with Gasteiger partial charge in [0.25, 0.3) is 0 Å². The molecule has 0 heterocycles. The van der Waals surface area contributed by atoms with Gasteiger partial charge in [0.2, 0.25) is 0 Å². The molecule has 0 aromatic carbocycles. The fourth-order valence-corrected chi connectivity index (χ4v) is 7.20. The first-order chi connectivity index (χ1) is 15.5. The minimum atomic E-state index is -0.696. The van der Waals surface area contributed by atoms with Crippen molar-refractivity contribution in [3.63, 3.8) is 0 Å². The molecule has 0 aliphatic heterocycles. The second-order valence-electron chi connectivity index (χ2n) is 16.2. The number of nitrogens with two attached hydrogens (primary N) is 4. The van der Waals surface area contributed by atoms with Gasteiger partial charge in [-0.1, -0.05) is 82.1 Å². The van der Waals surface area contributed by atoms with E-state index in [0.29, 0.717) is 5.41 Å². The van der Waals surface area contributed by atoms with Gasteiger partial charge in [0.05, 0.1) is 0 Å². The fraction of sp³-hybridized carbons (Fsp3) is 1.00. The van der Waals surface area contributed by atoms with Gasteiger partial charge in [0, 0.05) is 22.6 Å². The summed E-state index contributed by atoms with van der Waals surface area (Å²) >= 11 is 0. The zero-order valence-electron chi connectivity index (χ0n) is 26.4. The van der Waals surface area contributed by atoms with Crippen LogP contribution in [0.1, 0.15) is 108 Å². The number of hydrogen-bond donors (Lipinski definition) is 4. The summed E-state index contributed by atoms with van der Waals surface area (Å²) in [6.07, 6.45) is 6.31. The van der Waals surface area contributed by atoms with E-state index in [1.165, 1.54) is 12.8 Å². The van der Waals surface area contributed by atoms with Crippen LogP contribution >= 0.6 is 27.7 Å². The maximum Gasteiger partial charge on any atom is 0.114 e. The Kier molecular flexibility index (Phi) is 12.5. The fourth-order valence-electron chi connectivity index (χ4n) is 5.45. The van der Waals surface area contributed by atoms with E-state index in [0.717, 1.165) is 25.7 Å². The molecule has 0 aliphatic carbocycles. The first-order valence-electron chi connectivity index (χ1n) is 13.9. The Bertz CT molecular complexity index is 712. The molecule has 0 saturated carbocycles. The Balaban J connectivity index is 5.90. The van der Waals surface area contributed by atoms with Crippen LogP contribution in [0.3, 0.4) is 0 Å². The predicted octanol–water partition coefficient (Wildman–Crippen LogP) is 3.20. The summed E-state index contributed by atoms with van der Waals surface area (Å²) in [5, 5.41) is -2.61. The van der Waals surface area contributed by atoms with Crippen molar-refractivity contribution in [2.24, 2.45) is 33.8 Å². The summed E-state index contributed by atoms with van der Waals surface area (Å²) in [7, 11) is 15.9. The largest absolute Gasteiger partial charge is 0.328 e. The third-order valence-corrected chi connectivity index (χ3v) is 13.8. The third kappa shape index (κ3) is 8.42. The van der Waals surface area contributed by atoms with Gasteiger partial charge in [-0.2, -0.15) is 0 Å². The van der Waals surface area contributed by atoms with Crippen LogP contribution in [0.2, 0.25) is 15.9 Å². The first kappa shape index (κ1) is 37.3. The van der Waals surface area contributed by atoms with Gasteiger partial charge in [-0.3, -0.25) is 0 Å². The highest BCUT2D eigenvalue weighted by Crippen LogP contribution is 2.68. The maximum atomic E-state index is 7.38. The molecule has 0 amide bonds. The molecule has 4 nitrogen and oxygen atoms in total. The second kappa shape index (κ2) is 12.1. The van der Waals surface area contributed by atoms with Gasteiger partial charge in [-0.05, 0) is 57.6 Å². The number of unbranched alkanes of at least 4 members (excludes halogenated alkanes) is 1. The van der Waals surface area contributed by atoms with Gasteiger partial charge in [0.15, 0.2) is 0 Å². The van der Waals surface area contributed by atoms with Crippen molar-refractivity contribution in [1.29, 1.82) is 0 Å². The molecule has 0 saturated heterocycles. The molecule has 0 radical (unpaired) electrons. The van der Waals surface area contributed by atoms with Crippen LogP contribution in [-0.2, 0) is 0 Å². The standard InChI is InChI=1S/C26H64B3N4P3/c1-19(2,3)14-12-11-13-17(30)15-21(7,27)25(32,35)24(10,29)26(33,36)23(9,28)22(8,34)16-18(31)20(4,5)6/h17-18H,11-16,27-36H2,1-10H3. The lowest BCUT2D eigenvalue weighted by Gasteiger charge is -2.65. The predicted molar refractivity (Wildman–Crippen MR) is 185 cm³/mol. The molecule has 212 valence electrons. The van der Waals surface area contributed by atoms with Crippen LogP contribution in [0, 0.1) is 10.8 Å². The third-order valence-electron chi connectivity index (χ3n) is 9.93. The molecule has 0 rings (SSSR count). The van der Waals surface area contributed by atoms with Crippen molar-refractivity contribution in [2.75, 3.05) is 0 Å². The normalized spacial score (nSPS) is 25.2.